The number of aliphatic carboxylic acids is 1. The Morgan fingerprint density at radius 2 is 1.35 bits per heavy atom. The Labute approximate surface area is 114 Å². The quantitative estimate of drug-likeness (QED) is 0.468. The summed E-state index contributed by atoms with van der Waals surface area (Å²) in [5.41, 5.74) is 0. The Hall–Kier alpha value is -0.0786. The third-order valence-corrected chi connectivity index (χ3v) is 1.99. The fourth-order valence-corrected chi connectivity index (χ4v) is 1.23. The maximum Gasteiger partial charge on any atom is 3.00 e. The summed E-state index contributed by atoms with van der Waals surface area (Å²) in [6, 6.07) is 0. The van der Waals surface area contributed by atoms with Gasteiger partial charge in [-0.25, -0.2) is 0 Å². The molecule has 102 valence electrons. The van der Waals surface area contributed by atoms with Crippen molar-refractivity contribution in [3.63, 3.8) is 0 Å². The first kappa shape index (κ1) is 22.1. The summed E-state index contributed by atoms with van der Waals surface area (Å²) in [6.45, 7) is 2.20. The molecule has 0 radical (unpaired) electrons. The summed E-state index contributed by atoms with van der Waals surface area (Å²) < 4.78 is 0. The minimum absolute atomic E-state index is 0. The summed E-state index contributed by atoms with van der Waals surface area (Å²) in [6.07, 6.45) is 8.64. The number of hydrogen-bond acceptors (Lipinski definition) is 4. The van der Waals surface area contributed by atoms with Crippen molar-refractivity contribution in [1.82, 2.24) is 0 Å². The van der Waals surface area contributed by atoms with E-state index in [1.165, 1.54) is 32.1 Å². The second kappa shape index (κ2) is 18.3. The van der Waals surface area contributed by atoms with Crippen LogP contribution < -0.4 is 15.1 Å². The zero-order chi connectivity index (χ0) is 12.8. The fraction of sp³-hybridized carbons (Fsp3) is 0.900. The van der Waals surface area contributed by atoms with Gasteiger partial charge in [0, 0.05) is 6.42 Å². The molecule has 0 spiro atoms. The average Bonchev–Trinajstić information content (AvgIpc) is 2.15. The van der Waals surface area contributed by atoms with Gasteiger partial charge in [-0.15, -0.1) is 0 Å². The van der Waals surface area contributed by atoms with E-state index in [2.05, 4.69) is 6.92 Å². The van der Waals surface area contributed by atoms with Crippen LogP contribution in [0.3, 0.4) is 0 Å². The van der Waals surface area contributed by atoms with E-state index < -0.39 is 13.3 Å². The summed E-state index contributed by atoms with van der Waals surface area (Å²) in [5, 5.41) is 33.6. The molecule has 0 aliphatic rings. The predicted molar refractivity (Wildman–Crippen MR) is 56.0 cm³/mol. The molecule has 5 nitrogen and oxygen atoms in total. The molecule has 0 heterocycles. The van der Waals surface area contributed by atoms with Crippen LogP contribution in [-0.4, -0.2) is 18.4 Å². The standard InChI is InChI=1S/C10H20O2.BO3.Co/c1-2-3-4-5-6-7-8-9-10(11)12;2-1(3)4;/h2-9H2,1H3,(H,11,12);;/q;-3;+3. The van der Waals surface area contributed by atoms with Gasteiger partial charge in [0.05, 0.1) is 0 Å². The maximum atomic E-state index is 10.1. The molecule has 0 aromatic rings. The zero-order valence-corrected chi connectivity index (χ0v) is 11.2. The molecule has 0 rings (SSSR count). The Bertz CT molecular complexity index is 155. The second-order valence-corrected chi connectivity index (χ2v) is 3.55. The van der Waals surface area contributed by atoms with Gasteiger partial charge in [-0.1, -0.05) is 45.4 Å². The number of unbranched alkanes of at least 4 members (excludes halogenated alkanes) is 6. The van der Waals surface area contributed by atoms with Crippen LogP contribution in [0.4, 0.5) is 0 Å². The molecular weight excluding hydrogens is 270 g/mol. The molecule has 0 bridgehead atoms. The third kappa shape index (κ3) is 38.8. The van der Waals surface area contributed by atoms with Crippen molar-refractivity contribution in [3.05, 3.63) is 0 Å². The molecule has 17 heavy (non-hydrogen) atoms. The number of carboxylic acid groups (broad SMARTS) is 1. The van der Waals surface area contributed by atoms with Crippen molar-refractivity contribution >= 4 is 13.3 Å². The first-order chi connectivity index (χ1) is 7.50. The molecular formula is C10H20BCoO5. The van der Waals surface area contributed by atoms with E-state index in [0.717, 1.165) is 12.8 Å². The number of carboxylic acids is 1. The molecule has 0 fully saturated rings. The van der Waals surface area contributed by atoms with Gasteiger partial charge < -0.3 is 20.2 Å². The van der Waals surface area contributed by atoms with Crippen LogP contribution in [0.15, 0.2) is 0 Å². The van der Waals surface area contributed by atoms with E-state index in [1.807, 2.05) is 0 Å². The van der Waals surface area contributed by atoms with Crippen LogP contribution in [0, 0.1) is 0 Å². The Morgan fingerprint density at radius 1 is 1.00 bits per heavy atom. The van der Waals surface area contributed by atoms with Crippen molar-refractivity contribution in [2.24, 2.45) is 0 Å². The van der Waals surface area contributed by atoms with E-state index in [-0.39, 0.29) is 16.8 Å². The zero-order valence-electron chi connectivity index (χ0n) is 10.1. The van der Waals surface area contributed by atoms with Crippen LogP contribution in [-0.2, 0) is 21.6 Å². The third-order valence-electron chi connectivity index (χ3n) is 1.99. The first-order valence-corrected chi connectivity index (χ1v) is 5.70. The monoisotopic (exact) mass is 290 g/mol. The maximum absolute atomic E-state index is 10.1. The SMILES string of the molecule is CCCCCCCCCC(=O)O.[Co+3].[O-]B([O-])[O-]. The van der Waals surface area contributed by atoms with Gasteiger partial charge >= 0.3 is 22.7 Å². The van der Waals surface area contributed by atoms with Crippen molar-refractivity contribution in [1.29, 1.82) is 0 Å². The van der Waals surface area contributed by atoms with Gasteiger partial charge in [-0.3, -0.25) is 12.1 Å². The van der Waals surface area contributed by atoms with Crippen LogP contribution in [0.25, 0.3) is 0 Å². The van der Waals surface area contributed by atoms with E-state index in [4.69, 9.17) is 20.2 Å². The average molecular weight is 290 g/mol. The molecule has 0 amide bonds. The van der Waals surface area contributed by atoms with Gasteiger partial charge in [-0.05, 0) is 6.42 Å². The van der Waals surface area contributed by atoms with Crippen LogP contribution in [0.1, 0.15) is 58.3 Å². The molecule has 0 aliphatic carbocycles. The van der Waals surface area contributed by atoms with E-state index in [1.54, 1.807) is 0 Å². The van der Waals surface area contributed by atoms with E-state index >= 15 is 0 Å². The fourth-order valence-electron chi connectivity index (χ4n) is 1.23. The minimum Gasteiger partial charge on any atom is -0.907 e. The van der Waals surface area contributed by atoms with Gasteiger partial charge in [0.15, 0.2) is 0 Å². The molecule has 7 heteroatoms. The molecule has 0 aromatic heterocycles. The molecule has 0 aliphatic heterocycles. The van der Waals surface area contributed by atoms with E-state index in [9.17, 15) is 4.79 Å². The van der Waals surface area contributed by atoms with Gasteiger partial charge in [0.25, 0.3) is 0 Å². The molecule has 0 aromatic carbocycles. The number of hydrogen-bond donors (Lipinski definition) is 1. The van der Waals surface area contributed by atoms with Crippen molar-refractivity contribution in [2.45, 2.75) is 58.3 Å². The summed E-state index contributed by atoms with van der Waals surface area (Å²) >= 11 is 0. The van der Waals surface area contributed by atoms with Crippen molar-refractivity contribution in [3.8, 4) is 0 Å². The minimum atomic E-state index is -2.92. The van der Waals surface area contributed by atoms with E-state index in [0.29, 0.717) is 6.42 Å². The van der Waals surface area contributed by atoms with Crippen molar-refractivity contribution in [2.75, 3.05) is 0 Å². The summed E-state index contributed by atoms with van der Waals surface area (Å²) in [5.74, 6) is -0.663. The van der Waals surface area contributed by atoms with Crippen molar-refractivity contribution < 1.29 is 41.8 Å². The Kier molecular flexibility index (Phi) is 23.8. The molecule has 0 atom stereocenters. The van der Waals surface area contributed by atoms with Gasteiger partial charge in [0.2, 0.25) is 0 Å². The molecule has 0 unspecified atom stereocenters. The van der Waals surface area contributed by atoms with Crippen LogP contribution >= 0.6 is 0 Å². The van der Waals surface area contributed by atoms with Crippen LogP contribution in [0.2, 0.25) is 0 Å². The van der Waals surface area contributed by atoms with Gasteiger partial charge in [-0.2, -0.15) is 0 Å². The molecule has 0 saturated heterocycles. The largest absolute Gasteiger partial charge is 3.00 e. The first-order valence-electron chi connectivity index (χ1n) is 5.70. The predicted octanol–water partition coefficient (Wildman–Crippen LogP) is -0.739. The second-order valence-electron chi connectivity index (χ2n) is 3.55. The van der Waals surface area contributed by atoms with Crippen LogP contribution in [0.5, 0.6) is 0 Å². The number of rotatable bonds is 8. The summed E-state index contributed by atoms with van der Waals surface area (Å²) in [7, 11) is -2.92. The molecule has 1 N–H and O–H groups in total. The smallest absolute Gasteiger partial charge is 0.907 e. The number of carbonyl (C=O) groups is 1. The topological polar surface area (TPSA) is 106 Å². The summed E-state index contributed by atoms with van der Waals surface area (Å²) in [4.78, 5) is 10.1. The Morgan fingerprint density at radius 3 is 1.71 bits per heavy atom. The molecule has 0 saturated carbocycles. The Balaban J connectivity index is -0.000000340. The normalized spacial score (nSPS) is 8.71. The van der Waals surface area contributed by atoms with Gasteiger partial charge in [0.1, 0.15) is 0 Å².